The average molecular weight is 293 g/mol. The second-order valence-electron chi connectivity index (χ2n) is 6.22. The lowest BCUT2D eigenvalue weighted by atomic mass is 9.69. The Morgan fingerprint density at radius 2 is 2.05 bits per heavy atom. The molecule has 1 aliphatic heterocycles. The van der Waals surface area contributed by atoms with Crippen LogP contribution in [0.2, 0.25) is 0 Å². The Bertz CT molecular complexity index is 474. The lowest BCUT2D eigenvalue weighted by molar-refractivity contribution is 0.0380. The fourth-order valence-corrected chi connectivity index (χ4v) is 4.40. The SMILES string of the molecule is NCc1nc(C(=O)N2CCCC3(CCCCC3)C2)cs1. The predicted molar refractivity (Wildman–Crippen MR) is 80.7 cm³/mol. The van der Waals surface area contributed by atoms with Gasteiger partial charge < -0.3 is 10.6 Å². The maximum absolute atomic E-state index is 12.6. The highest BCUT2D eigenvalue weighted by Crippen LogP contribution is 2.43. The van der Waals surface area contributed by atoms with Gasteiger partial charge in [0.05, 0.1) is 0 Å². The van der Waals surface area contributed by atoms with E-state index in [0.29, 0.717) is 17.7 Å². The highest BCUT2D eigenvalue weighted by molar-refractivity contribution is 7.09. The molecule has 0 aromatic carbocycles. The highest BCUT2D eigenvalue weighted by atomic mass is 32.1. The minimum Gasteiger partial charge on any atom is -0.337 e. The van der Waals surface area contributed by atoms with Crippen molar-refractivity contribution in [2.24, 2.45) is 11.1 Å². The van der Waals surface area contributed by atoms with Gasteiger partial charge in [-0.3, -0.25) is 4.79 Å². The lowest BCUT2D eigenvalue weighted by Crippen LogP contribution is -2.47. The monoisotopic (exact) mass is 293 g/mol. The predicted octanol–water partition coefficient (Wildman–Crippen LogP) is 2.79. The van der Waals surface area contributed by atoms with Crippen LogP contribution in [-0.4, -0.2) is 28.9 Å². The van der Waals surface area contributed by atoms with Crippen molar-refractivity contribution in [3.63, 3.8) is 0 Å². The quantitative estimate of drug-likeness (QED) is 0.912. The highest BCUT2D eigenvalue weighted by Gasteiger charge is 2.38. The molecule has 2 heterocycles. The van der Waals surface area contributed by atoms with Gasteiger partial charge in [-0.05, 0) is 31.1 Å². The van der Waals surface area contributed by atoms with Gasteiger partial charge in [-0.1, -0.05) is 19.3 Å². The zero-order valence-corrected chi connectivity index (χ0v) is 12.8. The van der Waals surface area contributed by atoms with Gasteiger partial charge in [0.25, 0.3) is 5.91 Å². The van der Waals surface area contributed by atoms with Gasteiger partial charge in [-0.15, -0.1) is 11.3 Å². The molecule has 0 unspecified atom stereocenters. The van der Waals surface area contributed by atoms with Gasteiger partial charge >= 0.3 is 0 Å². The van der Waals surface area contributed by atoms with E-state index in [1.54, 1.807) is 0 Å². The second kappa shape index (κ2) is 5.82. The summed E-state index contributed by atoms with van der Waals surface area (Å²) in [5.41, 5.74) is 6.56. The van der Waals surface area contributed by atoms with Crippen LogP contribution in [0.4, 0.5) is 0 Å². The summed E-state index contributed by atoms with van der Waals surface area (Å²) >= 11 is 1.49. The first kappa shape index (κ1) is 14.0. The van der Waals surface area contributed by atoms with Crippen LogP contribution in [0.1, 0.15) is 60.4 Å². The summed E-state index contributed by atoms with van der Waals surface area (Å²) in [4.78, 5) is 19.0. The van der Waals surface area contributed by atoms with Crippen LogP contribution in [0, 0.1) is 5.41 Å². The molecule has 5 heteroatoms. The van der Waals surface area contributed by atoms with Crippen LogP contribution in [0.25, 0.3) is 0 Å². The molecule has 0 atom stereocenters. The first-order valence-corrected chi connectivity index (χ1v) is 8.54. The van der Waals surface area contributed by atoms with Crippen molar-refractivity contribution in [3.8, 4) is 0 Å². The summed E-state index contributed by atoms with van der Waals surface area (Å²) in [6.07, 6.45) is 9.04. The van der Waals surface area contributed by atoms with E-state index in [9.17, 15) is 4.79 Å². The van der Waals surface area contributed by atoms with Crippen LogP contribution < -0.4 is 5.73 Å². The number of likely N-dealkylation sites (tertiary alicyclic amines) is 1. The Labute approximate surface area is 124 Å². The Hall–Kier alpha value is -0.940. The number of carbonyl (C=O) groups is 1. The Morgan fingerprint density at radius 3 is 2.75 bits per heavy atom. The minimum atomic E-state index is 0.102. The molecular formula is C15H23N3OS. The molecule has 3 rings (SSSR count). The molecule has 2 aliphatic rings. The van der Waals surface area contributed by atoms with Gasteiger partial charge in [0.15, 0.2) is 0 Å². The average Bonchev–Trinajstić information content (AvgIpc) is 2.96. The molecule has 0 bridgehead atoms. The molecule has 2 fully saturated rings. The molecule has 20 heavy (non-hydrogen) atoms. The van der Waals surface area contributed by atoms with Gasteiger partial charge in [0, 0.05) is 25.0 Å². The summed E-state index contributed by atoms with van der Waals surface area (Å²) < 4.78 is 0. The van der Waals surface area contributed by atoms with Crippen molar-refractivity contribution in [3.05, 3.63) is 16.1 Å². The van der Waals surface area contributed by atoms with Crippen molar-refractivity contribution in [1.82, 2.24) is 9.88 Å². The van der Waals surface area contributed by atoms with Crippen molar-refractivity contribution in [2.45, 2.75) is 51.5 Å². The number of aromatic nitrogens is 1. The van der Waals surface area contributed by atoms with Gasteiger partial charge in [0.1, 0.15) is 10.7 Å². The maximum Gasteiger partial charge on any atom is 0.273 e. The standard InChI is InChI=1S/C15H23N3OS/c16-9-13-17-12(10-20-13)14(19)18-8-4-7-15(11-18)5-2-1-3-6-15/h10H,1-9,11,16H2. The molecule has 1 aliphatic carbocycles. The third-order valence-corrected chi connectivity index (χ3v) is 5.68. The molecule has 4 nitrogen and oxygen atoms in total. The third-order valence-electron chi connectivity index (χ3n) is 4.81. The van der Waals surface area contributed by atoms with Gasteiger partial charge in [0.2, 0.25) is 0 Å². The zero-order chi connectivity index (χ0) is 14.0. The van der Waals surface area contributed by atoms with E-state index in [-0.39, 0.29) is 5.91 Å². The van der Waals surface area contributed by atoms with Gasteiger partial charge in [-0.2, -0.15) is 0 Å². The lowest BCUT2D eigenvalue weighted by Gasteiger charge is -2.45. The summed E-state index contributed by atoms with van der Waals surface area (Å²) in [5, 5.41) is 2.70. The van der Waals surface area contributed by atoms with E-state index >= 15 is 0 Å². The number of carbonyl (C=O) groups excluding carboxylic acids is 1. The number of piperidine rings is 1. The van der Waals surface area contributed by atoms with E-state index < -0.39 is 0 Å². The number of hydrogen-bond donors (Lipinski definition) is 1. The molecule has 1 saturated carbocycles. The fourth-order valence-electron chi connectivity index (χ4n) is 3.76. The molecule has 0 radical (unpaired) electrons. The largest absolute Gasteiger partial charge is 0.337 e. The summed E-state index contributed by atoms with van der Waals surface area (Å²) in [6.45, 7) is 2.24. The minimum absolute atomic E-state index is 0.102. The molecule has 1 amide bonds. The topological polar surface area (TPSA) is 59.2 Å². The van der Waals surface area contributed by atoms with Gasteiger partial charge in [-0.25, -0.2) is 4.98 Å². The second-order valence-corrected chi connectivity index (χ2v) is 7.16. The Kier molecular flexibility index (Phi) is 4.08. The van der Waals surface area contributed by atoms with Crippen LogP contribution in [0.15, 0.2) is 5.38 Å². The number of thiazole rings is 1. The van der Waals surface area contributed by atoms with E-state index in [2.05, 4.69) is 4.98 Å². The Morgan fingerprint density at radius 1 is 1.30 bits per heavy atom. The van der Waals surface area contributed by atoms with Crippen molar-refractivity contribution < 1.29 is 4.79 Å². The van der Waals surface area contributed by atoms with Crippen LogP contribution in [0.3, 0.4) is 0 Å². The summed E-state index contributed by atoms with van der Waals surface area (Å²) in [7, 11) is 0. The molecule has 1 spiro atoms. The van der Waals surface area contributed by atoms with Crippen molar-refractivity contribution >= 4 is 17.2 Å². The number of hydrogen-bond acceptors (Lipinski definition) is 4. The summed E-state index contributed by atoms with van der Waals surface area (Å²) in [6, 6.07) is 0. The number of rotatable bonds is 2. The first-order chi connectivity index (χ1) is 9.72. The zero-order valence-electron chi connectivity index (χ0n) is 11.9. The van der Waals surface area contributed by atoms with Crippen molar-refractivity contribution in [2.75, 3.05) is 13.1 Å². The van der Waals surface area contributed by atoms with Crippen LogP contribution in [0.5, 0.6) is 0 Å². The number of amides is 1. The van der Waals surface area contributed by atoms with Crippen LogP contribution >= 0.6 is 11.3 Å². The van der Waals surface area contributed by atoms with Crippen molar-refractivity contribution in [1.29, 1.82) is 0 Å². The molecule has 1 aromatic rings. The van der Waals surface area contributed by atoms with Crippen LogP contribution in [-0.2, 0) is 6.54 Å². The molecule has 1 saturated heterocycles. The third kappa shape index (κ3) is 2.74. The normalized spacial score (nSPS) is 22.1. The van der Waals surface area contributed by atoms with E-state index in [1.165, 1.54) is 49.9 Å². The maximum atomic E-state index is 12.6. The molecule has 2 N–H and O–H groups in total. The number of nitrogens with zero attached hydrogens (tertiary/aromatic N) is 2. The molecule has 110 valence electrons. The van der Waals surface area contributed by atoms with E-state index in [0.717, 1.165) is 24.5 Å². The molecule has 1 aromatic heterocycles. The number of nitrogens with two attached hydrogens (primary N) is 1. The molecular weight excluding hydrogens is 270 g/mol. The Balaban J connectivity index is 1.71. The smallest absolute Gasteiger partial charge is 0.273 e. The van der Waals surface area contributed by atoms with E-state index in [4.69, 9.17) is 5.73 Å². The fraction of sp³-hybridized carbons (Fsp3) is 0.733. The van der Waals surface area contributed by atoms with E-state index in [1.807, 2.05) is 10.3 Å². The summed E-state index contributed by atoms with van der Waals surface area (Å²) in [5.74, 6) is 0.102. The first-order valence-electron chi connectivity index (χ1n) is 7.66.